The van der Waals surface area contributed by atoms with E-state index in [4.69, 9.17) is 13.9 Å². The number of anilines is 1. The van der Waals surface area contributed by atoms with Gasteiger partial charge in [-0.05, 0) is 30.3 Å². The third kappa shape index (κ3) is 4.06. The Bertz CT molecular complexity index is 1670. The van der Waals surface area contributed by atoms with Gasteiger partial charge in [0.25, 0.3) is 5.56 Å². The number of hydrogen-bond donors (Lipinski definition) is 1. The van der Waals surface area contributed by atoms with Gasteiger partial charge in [0.2, 0.25) is 5.91 Å². The number of carbonyl (C=O) groups is 1. The number of benzene rings is 1. The number of pyridine rings is 1. The fraction of sp³-hybridized carbons (Fsp3) is 0.167. The van der Waals surface area contributed by atoms with Crippen LogP contribution in [0.3, 0.4) is 0 Å². The summed E-state index contributed by atoms with van der Waals surface area (Å²) in [5.74, 6) is 0.963. The molecule has 0 fully saturated rings. The highest BCUT2D eigenvalue weighted by atomic mass is 32.1. The number of furan rings is 1. The first-order valence-electron chi connectivity index (χ1n) is 10.5. The Morgan fingerprint density at radius 2 is 2.00 bits per heavy atom. The van der Waals surface area contributed by atoms with E-state index in [1.807, 2.05) is 0 Å². The molecule has 0 saturated carbocycles. The summed E-state index contributed by atoms with van der Waals surface area (Å²) in [6.07, 6.45) is 4.69. The molecule has 0 atom stereocenters. The van der Waals surface area contributed by atoms with E-state index in [0.717, 1.165) is 9.27 Å². The van der Waals surface area contributed by atoms with Gasteiger partial charge in [-0.25, -0.2) is 4.79 Å². The van der Waals surface area contributed by atoms with Crippen molar-refractivity contribution < 1.29 is 18.7 Å². The van der Waals surface area contributed by atoms with Crippen molar-refractivity contribution in [3.8, 4) is 11.5 Å². The largest absolute Gasteiger partial charge is 0.497 e. The van der Waals surface area contributed by atoms with E-state index in [1.165, 1.54) is 36.4 Å². The highest BCUT2D eigenvalue weighted by Gasteiger charge is 2.21. The predicted molar refractivity (Wildman–Crippen MR) is 132 cm³/mol. The molecule has 0 saturated heterocycles. The lowest BCUT2D eigenvalue weighted by molar-refractivity contribution is -0.116. The summed E-state index contributed by atoms with van der Waals surface area (Å²) in [5.41, 5.74) is -0.246. The summed E-state index contributed by atoms with van der Waals surface area (Å²) in [7, 11) is 3.01. The molecule has 178 valence electrons. The number of nitrogens with one attached hydrogen (secondary N) is 1. The number of nitrogens with zero attached hydrogens (tertiary/aromatic N) is 3. The van der Waals surface area contributed by atoms with Crippen molar-refractivity contribution in [3.05, 3.63) is 81.7 Å². The number of thiophene rings is 1. The summed E-state index contributed by atoms with van der Waals surface area (Å²) >= 11 is 1.23. The number of amides is 1. The van der Waals surface area contributed by atoms with Crippen LogP contribution in [0.15, 0.2) is 69.1 Å². The quantitative estimate of drug-likeness (QED) is 0.371. The van der Waals surface area contributed by atoms with Crippen LogP contribution in [0.1, 0.15) is 5.76 Å². The summed E-state index contributed by atoms with van der Waals surface area (Å²) in [4.78, 5) is 44.0. The average molecular weight is 493 g/mol. The summed E-state index contributed by atoms with van der Waals surface area (Å²) < 4.78 is 19.4. The molecule has 11 heteroatoms. The van der Waals surface area contributed by atoms with Gasteiger partial charge in [0.05, 0.1) is 42.9 Å². The molecule has 0 bridgehead atoms. The van der Waals surface area contributed by atoms with Crippen molar-refractivity contribution >= 4 is 43.2 Å². The van der Waals surface area contributed by atoms with Crippen LogP contribution in [-0.4, -0.2) is 34.2 Å². The molecule has 0 aliphatic carbocycles. The van der Waals surface area contributed by atoms with E-state index >= 15 is 0 Å². The van der Waals surface area contributed by atoms with Crippen molar-refractivity contribution in [2.75, 3.05) is 19.5 Å². The predicted octanol–water partition coefficient (Wildman–Crippen LogP) is 3.07. The lowest BCUT2D eigenvalue weighted by Gasteiger charge is -2.14. The standard InChI is InChI=1S/C24H20N4O6S/c1-32-14-5-6-17(18(10-14)33-2)26-20(29)13-27-21-16-7-8-25-11-19(16)35-22(21)23(30)28(24(27)31)12-15-4-3-9-34-15/h3-11H,12-13H2,1-2H3,(H,26,29). The highest BCUT2D eigenvalue weighted by molar-refractivity contribution is 7.25. The Kier molecular flexibility index (Phi) is 5.83. The molecule has 1 N–H and O–H groups in total. The van der Waals surface area contributed by atoms with Gasteiger partial charge in [-0.15, -0.1) is 11.3 Å². The van der Waals surface area contributed by atoms with E-state index in [-0.39, 0.29) is 13.1 Å². The molecule has 4 heterocycles. The Hall–Kier alpha value is -4.38. The van der Waals surface area contributed by atoms with Gasteiger partial charge in [-0.2, -0.15) is 0 Å². The molecule has 35 heavy (non-hydrogen) atoms. The normalized spacial score (nSPS) is 11.1. The first-order chi connectivity index (χ1) is 17.0. The van der Waals surface area contributed by atoms with Gasteiger partial charge < -0.3 is 19.2 Å². The van der Waals surface area contributed by atoms with Gasteiger partial charge in [-0.1, -0.05) is 0 Å². The van der Waals surface area contributed by atoms with Crippen LogP contribution < -0.4 is 26.0 Å². The van der Waals surface area contributed by atoms with Crippen LogP contribution in [-0.2, 0) is 17.9 Å². The second kappa shape index (κ2) is 9.11. The van der Waals surface area contributed by atoms with Crippen molar-refractivity contribution in [3.63, 3.8) is 0 Å². The van der Waals surface area contributed by atoms with Gasteiger partial charge in [0.15, 0.2) is 0 Å². The Morgan fingerprint density at radius 3 is 2.74 bits per heavy atom. The number of carbonyl (C=O) groups excluding carboxylic acids is 1. The minimum atomic E-state index is -0.618. The van der Waals surface area contributed by atoms with Crippen LogP contribution >= 0.6 is 11.3 Å². The topological polar surface area (TPSA) is 118 Å². The first-order valence-corrected chi connectivity index (χ1v) is 11.4. The maximum atomic E-state index is 13.5. The van der Waals surface area contributed by atoms with Crippen molar-refractivity contribution in [2.45, 2.75) is 13.1 Å². The summed E-state index contributed by atoms with van der Waals surface area (Å²) in [6, 6.07) is 10.1. The van der Waals surface area contributed by atoms with E-state index in [0.29, 0.717) is 38.5 Å². The highest BCUT2D eigenvalue weighted by Crippen LogP contribution is 2.31. The van der Waals surface area contributed by atoms with Crippen LogP contribution in [0.5, 0.6) is 11.5 Å². The third-order valence-electron chi connectivity index (χ3n) is 5.52. The van der Waals surface area contributed by atoms with E-state index in [1.54, 1.807) is 48.8 Å². The second-order valence-corrected chi connectivity index (χ2v) is 8.66. The molecular formula is C24H20N4O6S. The van der Waals surface area contributed by atoms with Crippen molar-refractivity contribution in [1.29, 1.82) is 0 Å². The molecule has 1 aromatic carbocycles. The molecule has 0 aliphatic heterocycles. The molecule has 5 rings (SSSR count). The Morgan fingerprint density at radius 1 is 1.14 bits per heavy atom. The molecule has 0 unspecified atom stereocenters. The van der Waals surface area contributed by atoms with E-state index in [2.05, 4.69) is 10.3 Å². The lowest BCUT2D eigenvalue weighted by Crippen LogP contribution is -2.41. The molecule has 1 amide bonds. The fourth-order valence-electron chi connectivity index (χ4n) is 3.88. The molecule has 0 spiro atoms. The van der Waals surface area contributed by atoms with Crippen LogP contribution in [0, 0.1) is 0 Å². The van der Waals surface area contributed by atoms with Gasteiger partial charge in [0.1, 0.15) is 28.5 Å². The van der Waals surface area contributed by atoms with Crippen LogP contribution in [0.4, 0.5) is 5.69 Å². The molecule has 4 aromatic heterocycles. The van der Waals surface area contributed by atoms with Gasteiger partial charge in [-0.3, -0.25) is 23.7 Å². The zero-order valence-corrected chi connectivity index (χ0v) is 19.6. The lowest BCUT2D eigenvalue weighted by atomic mass is 10.2. The zero-order valence-electron chi connectivity index (χ0n) is 18.8. The summed E-state index contributed by atoms with van der Waals surface area (Å²) in [6.45, 7) is -0.377. The number of fused-ring (bicyclic) bond motifs is 3. The summed E-state index contributed by atoms with van der Waals surface area (Å²) in [5, 5.41) is 3.45. The maximum Gasteiger partial charge on any atom is 0.332 e. The zero-order chi connectivity index (χ0) is 24.5. The van der Waals surface area contributed by atoms with Gasteiger partial charge in [0, 0.05) is 23.8 Å². The Labute approximate surface area is 202 Å². The SMILES string of the molecule is COc1ccc(NC(=O)Cn2c(=O)n(Cc3ccco3)c(=O)c3sc4cnccc4c32)c(OC)c1. The minimum Gasteiger partial charge on any atom is -0.497 e. The average Bonchev–Trinajstić information content (AvgIpc) is 3.52. The molecule has 5 aromatic rings. The number of rotatable bonds is 7. The van der Waals surface area contributed by atoms with Gasteiger partial charge >= 0.3 is 5.69 Å². The molecule has 0 radical (unpaired) electrons. The number of ether oxygens (including phenoxy) is 2. The monoisotopic (exact) mass is 492 g/mol. The van der Waals surface area contributed by atoms with Crippen LogP contribution in [0.2, 0.25) is 0 Å². The Balaban J connectivity index is 1.61. The van der Waals surface area contributed by atoms with Crippen molar-refractivity contribution in [1.82, 2.24) is 14.1 Å². The maximum absolute atomic E-state index is 13.5. The van der Waals surface area contributed by atoms with Crippen molar-refractivity contribution in [2.24, 2.45) is 0 Å². The third-order valence-corrected chi connectivity index (χ3v) is 6.63. The number of hydrogen-bond acceptors (Lipinski definition) is 8. The smallest absolute Gasteiger partial charge is 0.332 e. The van der Waals surface area contributed by atoms with Crippen LogP contribution in [0.25, 0.3) is 20.3 Å². The molecule has 0 aliphatic rings. The number of aromatic nitrogens is 3. The molecule has 10 nitrogen and oxygen atoms in total. The minimum absolute atomic E-state index is 0.0545. The first kappa shape index (κ1) is 22.4. The fourth-order valence-corrected chi connectivity index (χ4v) is 5.00. The molecular weight excluding hydrogens is 472 g/mol. The van der Waals surface area contributed by atoms with E-state index in [9.17, 15) is 14.4 Å². The second-order valence-electron chi connectivity index (χ2n) is 7.61. The van der Waals surface area contributed by atoms with E-state index < -0.39 is 17.2 Å². The number of methoxy groups -OCH3 is 2.